The van der Waals surface area contributed by atoms with E-state index < -0.39 is 0 Å². The number of allylic oxidation sites excluding steroid dienone is 4. The lowest BCUT2D eigenvalue weighted by molar-refractivity contribution is 0.440. The van der Waals surface area contributed by atoms with Crippen LogP contribution in [0.15, 0.2) is 22.3 Å². The van der Waals surface area contributed by atoms with Gasteiger partial charge in [-0.1, -0.05) is 62.3 Å². The molecular formula is C16H32BN. The van der Waals surface area contributed by atoms with Gasteiger partial charge in [-0.25, -0.2) is 0 Å². The van der Waals surface area contributed by atoms with E-state index in [1.165, 1.54) is 11.1 Å². The van der Waals surface area contributed by atoms with E-state index in [9.17, 15) is 0 Å². The first-order chi connectivity index (χ1) is 7.89. The normalized spacial score (nSPS) is 15.2. The van der Waals surface area contributed by atoms with Gasteiger partial charge in [-0.05, 0) is 28.9 Å². The SMILES string of the molecule is CC.[B]/C(C)=C(/C(=C(/C)N)C(C)(C)C)C(C)(C)C. The Bertz CT molecular complexity index is 280. The van der Waals surface area contributed by atoms with Crippen LogP contribution in [0.4, 0.5) is 0 Å². The molecule has 0 aliphatic rings. The van der Waals surface area contributed by atoms with Gasteiger partial charge in [-0.3, -0.25) is 0 Å². The second kappa shape index (κ2) is 7.06. The van der Waals surface area contributed by atoms with Crippen LogP contribution in [-0.2, 0) is 0 Å². The number of hydrogen-bond donors (Lipinski definition) is 1. The Kier molecular flexibility index (Phi) is 7.72. The predicted molar refractivity (Wildman–Crippen MR) is 85.6 cm³/mol. The zero-order valence-electron chi connectivity index (χ0n) is 14.2. The van der Waals surface area contributed by atoms with E-state index in [-0.39, 0.29) is 10.8 Å². The largest absolute Gasteiger partial charge is 0.402 e. The average molecular weight is 249 g/mol. The van der Waals surface area contributed by atoms with E-state index in [1.807, 2.05) is 27.7 Å². The summed E-state index contributed by atoms with van der Waals surface area (Å²) in [5.41, 5.74) is 10.2. The smallest absolute Gasteiger partial charge is 0.107 e. The van der Waals surface area contributed by atoms with Gasteiger partial charge in [0.15, 0.2) is 0 Å². The van der Waals surface area contributed by atoms with Crippen LogP contribution >= 0.6 is 0 Å². The van der Waals surface area contributed by atoms with E-state index in [0.717, 1.165) is 11.2 Å². The molecule has 0 spiro atoms. The second-order valence-electron chi connectivity index (χ2n) is 6.62. The molecule has 0 unspecified atom stereocenters. The van der Waals surface area contributed by atoms with Crippen LogP contribution in [0.5, 0.6) is 0 Å². The van der Waals surface area contributed by atoms with Crippen LogP contribution < -0.4 is 5.73 Å². The van der Waals surface area contributed by atoms with Crippen LogP contribution in [0.25, 0.3) is 0 Å². The van der Waals surface area contributed by atoms with Crippen molar-refractivity contribution in [2.45, 2.75) is 69.2 Å². The molecule has 2 N–H and O–H groups in total. The molecule has 0 heterocycles. The lowest BCUT2D eigenvalue weighted by Gasteiger charge is -2.35. The maximum atomic E-state index is 6.05. The third-order valence-corrected chi connectivity index (χ3v) is 2.54. The highest BCUT2D eigenvalue weighted by molar-refractivity contribution is 6.22. The fourth-order valence-electron chi connectivity index (χ4n) is 2.33. The van der Waals surface area contributed by atoms with Crippen molar-refractivity contribution in [1.82, 2.24) is 0 Å². The molecule has 0 atom stereocenters. The minimum absolute atomic E-state index is 0.0159. The van der Waals surface area contributed by atoms with Gasteiger partial charge >= 0.3 is 0 Å². The minimum Gasteiger partial charge on any atom is -0.402 e. The standard InChI is InChI=1S/C14H26BN.C2H6/c1-9(15)11(13(3,4)5)12(10(2)16)14(6,7)8;1-2/h16H2,1-8H3;1-2H3/b11-9-,12-10+;. The van der Waals surface area contributed by atoms with Crippen molar-refractivity contribution in [2.24, 2.45) is 16.6 Å². The molecule has 0 aromatic rings. The van der Waals surface area contributed by atoms with Crippen LogP contribution in [-0.4, -0.2) is 7.85 Å². The molecule has 0 saturated heterocycles. The topological polar surface area (TPSA) is 26.0 Å². The Morgan fingerprint density at radius 3 is 1.11 bits per heavy atom. The summed E-state index contributed by atoms with van der Waals surface area (Å²) < 4.78 is 0. The molecule has 18 heavy (non-hydrogen) atoms. The number of hydrogen-bond acceptors (Lipinski definition) is 1. The third kappa shape index (κ3) is 5.79. The van der Waals surface area contributed by atoms with E-state index in [1.54, 1.807) is 0 Å². The summed E-state index contributed by atoms with van der Waals surface area (Å²) in [7, 11) is 6.05. The summed E-state index contributed by atoms with van der Waals surface area (Å²) in [6, 6.07) is 0. The van der Waals surface area contributed by atoms with Crippen molar-refractivity contribution < 1.29 is 0 Å². The first-order valence-electron chi connectivity index (χ1n) is 6.83. The Balaban J connectivity index is 0. The van der Waals surface area contributed by atoms with Crippen molar-refractivity contribution in [2.75, 3.05) is 0 Å². The summed E-state index contributed by atoms with van der Waals surface area (Å²) in [5.74, 6) is 0. The monoisotopic (exact) mass is 249 g/mol. The molecule has 0 rings (SSSR count). The maximum absolute atomic E-state index is 6.05. The van der Waals surface area contributed by atoms with Crippen molar-refractivity contribution in [3.05, 3.63) is 22.3 Å². The van der Waals surface area contributed by atoms with Crippen molar-refractivity contribution >= 4 is 7.85 Å². The zero-order valence-corrected chi connectivity index (χ0v) is 14.2. The molecule has 0 saturated carbocycles. The minimum atomic E-state index is 0.0159. The Morgan fingerprint density at radius 2 is 1.06 bits per heavy atom. The van der Waals surface area contributed by atoms with Crippen LogP contribution in [0, 0.1) is 10.8 Å². The average Bonchev–Trinajstić information content (AvgIpc) is 2.12. The van der Waals surface area contributed by atoms with E-state index >= 15 is 0 Å². The predicted octanol–water partition coefficient (Wildman–Crippen LogP) is 4.78. The highest BCUT2D eigenvalue weighted by Crippen LogP contribution is 2.42. The molecule has 1 nitrogen and oxygen atoms in total. The van der Waals surface area contributed by atoms with Gasteiger partial charge < -0.3 is 5.73 Å². The molecule has 104 valence electrons. The molecule has 0 aromatic heterocycles. The molecule has 0 aliphatic heterocycles. The summed E-state index contributed by atoms with van der Waals surface area (Å²) in [4.78, 5) is 0. The Labute approximate surface area is 116 Å². The lowest BCUT2D eigenvalue weighted by Crippen LogP contribution is -2.24. The van der Waals surface area contributed by atoms with Crippen molar-refractivity contribution in [3.8, 4) is 0 Å². The highest BCUT2D eigenvalue weighted by atomic mass is 14.6. The van der Waals surface area contributed by atoms with Gasteiger partial charge in [0, 0.05) is 5.70 Å². The number of rotatable bonds is 1. The lowest BCUT2D eigenvalue weighted by atomic mass is 9.67. The molecule has 0 amide bonds. The second-order valence-corrected chi connectivity index (χ2v) is 6.62. The van der Waals surface area contributed by atoms with Gasteiger partial charge in [-0.2, -0.15) is 0 Å². The summed E-state index contributed by atoms with van der Waals surface area (Å²) in [6.45, 7) is 21.0. The van der Waals surface area contributed by atoms with E-state index in [4.69, 9.17) is 13.6 Å². The van der Waals surface area contributed by atoms with E-state index in [2.05, 4.69) is 41.5 Å². The molecule has 0 aliphatic carbocycles. The molecule has 2 radical (unpaired) electrons. The Hall–Kier alpha value is -0.655. The molecular weight excluding hydrogens is 217 g/mol. The third-order valence-electron chi connectivity index (χ3n) is 2.54. The fourth-order valence-corrected chi connectivity index (χ4v) is 2.33. The van der Waals surface area contributed by atoms with Gasteiger partial charge in [-0.15, -0.1) is 5.47 Å². The first-order valence-corrected chi connectivity index (χ1v) is 6.83. The first kappa shape index (κ1) is 19.7. The van der Waals surface area contributed by atoms with Crippen LogP contribution in [0.3, 0.4) is 0 Å². The molecule has 0 aromatic carbocycles. The fraction of sp³-hybridized carbons (Fsp3) is 0.750. The van der Waals surface area contributed by atoms with Crippen molar-refractivity contribution in [1.29, 1.82) is 0 Å². The zero-order chi connectivity index (χ0) is 15.3. The van der Waals surface area contributed by atoms with Gasteiger partial charge in [0.25, 0.3) is 0 Å². The highest BCUT2D eigenvalue weighted by Gasteiger charge is 2.29. The number of nitrogens with two attached hydrogens (primary N) is 1. The maximum Gasteiger partial charge on any atom is 0.107 e. The van der Waals surface area contributed by atoms with Gasteiger partial charge in [0.05, 0.1) is 0 Å². The summed E-state index contributed by atoms with van der Waals surface area (Å²) in [5, 5.41) is 0. The molecule has 0 fully saturated rings. The summed E-state index contributed by atoms with van der Waals surface area (Å²) in [6.07, 6.45) is 0. The molecule has 2 heteroatoms. The van der Waals surface area contributed by atoms with Crippen LogP contribution in [0.2, 0.25) is 0 Å². The summed E-state index contributed by atoms with van der Waals surface area (Å²) >= 11 is 0. The van der Waals surface area contributed by atoms with Gasteiger partial charge in [0.2, 0.25) is 0 Å². The van der Waals surface area contributed by atoms with Crippen molar-refractivity contribution in [3.63, 3.8) is 0 Å². The van der Waals surface area contributed by atoms with Crippen LogP contribution in [0.1, 0.15) is 69.2 Å². The quantitative estimate of drug-likeness (QED) is 0.525. The molecule has 0 bridgehead atoms. The van der Waals surface area contributed by atoms with E-state index in [0.29, 0.717) is 0 Å². The Morgan fingerprint density at radius 1 is 0.778 bits per heavy atom. The van der Waals surface area contributed by atoms with Gasteiger partial charge in [0.1, 0.15) is 7.85 Å².